The lowest BCUT2D eigenvalue weighted by atomic mass is 10.2. The number of hydrogen-bond donors (Lipinski definition) is 3. The van der Waals surface area contributed by atoms with E-state index in [1.807, 2.05) is 0 Å². The monoisotopic (exact) mass is 334 g/mol. The van der Waals surface area contributed by atoms with Gasteiger partial charge < -0.3 is 15.7 Å². The molecule has 0 atom stereocenters. The number of benzene rings is 1. The van der Waals surface area contributed by atoms with E-state index in [1.54, 1.807) is 30.3 Å². The van der Waals surface area contributed by atoms with Crippen molar-refractivity contribution in [3.63, 3.8) is 0 Å². The van der Waals surface area contributed by atoms with Gasteiger partial charge in [-0.2, -0.15) is 0 Å². The molecule has 0 aliphatic carbocycles. The molecule has 1 aromatic carbocycles. The molecule has 3 N–H and O–H groups in total. The highest BCUT2D eigenvalue weighted by molar-refractivity contribution is 6.30. The number of carbonyl (C=O) groups excluding carboxylic acids is 1. The molecule has 8 heteroatoms. The molecule has 23 heavy (non-hydrogen) atoms. The summed E-state index contributed by atoms with van der Waals surface area (Å²) in [6, 6.07) is 8.68. The van der Waals surface area contributed by atoms with Crippen molar-refractivity contribution in [3.05, 3.63) is 41.7 Å². The van der Waals surface area contributed by atoms with Crippen molar-refractivity contribution in [1.29, 1.82) is 0 Å². The van der Waals surface area contributed by atoms with Crippen molar-refractivity contribution >= 4 is 40.8 Å². The third kappa shape index (κ3) is 5.91. The van der Waals surface area contributed by atoms with Crippen molar-refractivity contribution < 1.29 is 14.7 Å². The summed E-state index contributed by atoms with van der Waals surface area (Å²) in [6.45, 7) is 0. The van der Waals surface area contributed by atoms with Crippen LogP contribution in [-0.2, 0) is 9.59 Å². The van der Waals surface area contributed by atoms with Crippen LogP contribution in [0.25, 0.3) is 0 Å². The molecule has 0 bridgehead atoms. The van der Waals surface area contributed by atoms with Gasteiger partial charge in [-0.3, -0.25) is 9.59 Å². The summed E-state index contributed by atoms with van der Waals surface area (Å²) >= 11 is 5.82. The molecule has 0 aliphatic heterocycles. The number of anilines is 3. The molecule has 120 valence electrons. The third-order valence-electron chi connectivity index (χ3n) is 2.85. The Morgan fingerprint density at radius 2 is 1.78 bits per heavy atom. The van der Waals surface area contributed by atoms with Crippen LogP contribution in [0.15, 0.2) is 36.7 Å². The second kappa shape index (κ2) is 8.09. The number of carbonyl (C=O) groups is 2. The summed E-state index contributed by atoms with van der Waals surface area (Å²) < 4.78 is 0. The average Bonchev–Trinajstić information content (AvgIpc) is 2.49. The predicted octanol–water partition coefficient (Wildman–Crippen LogP) is 3.07. The molecule has 2 aromatic rings. The number of carboxylic acids is 1. The van der Waals surface area contributed by atoms with E-state index in [9.17, 15) is 9.59 Å². The highest BCUT2D eigenvalue weighted by Crippen LogP contribution is 2.18. The number of aromatic nitrogens is 2. The zero-order valence-corrected chi connectivity index (χ0v) is 12.9. The van der Waals surface area contributed by atoms with Crippen molar-refractivity contribution in [2.75, 3.05) is 10.6 Å². The highest BCUT2D eigenvalue weighted by Gasteiger charge is 2.06. The first-order valence-corrected chi connectivity index (χ1v) is 7.27. The van der Waals surface area contributed by atoms with Crippen molar-refractivity contribution in [2.45, 2.75) is 19.3 Å². The molecule has 0 fully saturated rings. The number of rotatable bonds is 7. The fourth-order valence-corrected chi connectivity index (χ4v) is 1.91. The summed E-state index contributed by atoms with van der Waals surface area (Å²) in [5.41, 5.74) is 0.798. The molecule has 0 spiro atoms. The van der Waals surface area contributed by atoms with E-state index in [0.717, 1.165) is 5.69 Å². The van der Waals surface area contributed by atoms with Crippen LogP contribution in [0, 0.1) is 0 Å². The van der Waals surface area contributed by atoms with Gasteiger partial charge in [0.2, 0.25) is 5.91 Å². The first-order chi connectivity index (χ1) is 11.0. The summed E-state index contributed by atoms with van der Waals surface area (Å²) in [5, 5.41) is 14.8. The molecule has 0 saturated carbocycles. The zero-order valence-electron chi connectivity index (χ0n) is 12.1. The van der Waals surface area contributed by atoms with Crippen LogP contribution in [0.2, 0.25) is 5.02 Å². The Bertz CT molecular complexity index is 691. The molecule has 0 radical (unpaired) electrons. The molecule has 7 nitrogen and oxygen atoms in total. The number of nitrogens with one attached hydrogen (secondary N) is 2. The van der Waals surface area contributed by atoms with E-state index in [0.29, 0.717) is 16.7 Å². The fraction of sp³-hybridized carbons (Fsp3) is 0.200. The van der Waals surface area contributed by atoms with Crippen LogP contribution in [0.1, 0.15) is 19.3 Å². The molecule has 2 rings (SSSR count). The largest absolute Gasteiger partial charge is 0.481 e. The van der Waals surface area contributed by atoms with E-state index in [1.165, 1.54) is 6.33 Å². The summed E-state index contributed by atoms with van der Waals surface area (Å²) in [4.78, 5) is 30.1. The Morgan fingerprint density at radius 1 is 1.09 bits per heavy atom. The summed E-state index contributed by atoms with van der Waals surface area (Å²) in [5.74, 6) is -0.350. The van der Waals surface area contributed by atoms with Gasteiger partial charge in [0.05, 0.1) is 0 Å². The molecule has 1 aromatic heterocycles. The smallest absolute Gasteiger partial charge is 0.303 e. The molecule has 0 saturated heterocycles. The van der Waals surface area contributed by atoms with E-state index in [-0.39, 0.29) is 25.2 Å². The number of nitrogens with zero attached hydrogens (tertiary/aromatic N) is 2. The maximum atomic E-state index is 11.7. The average molecular weight is 335 g/mol. The van der Waals surface area contributed by atoms with Crippen molar-refractivity contribution in [3.8, 4) is 0 Å². The Hall–Kier alpha value is -2.67. The number of aliphatic carboxylic acids is 1. The predicted molar refractivity (Wildman–Crippen MR) is 86.9 cm³/mol. The number of carboxylic acid groups (broad SMARTS) is 1. The standard InChI is InChI=1S/C15H15ClN4O3/c16-10-4-6-11(7-5-10)19-12-8-13(18-9-17-12)20-14(21)2-1-3-15(22)23/h4-9H,1-3H2,(H,22,23)(H2,17,18,19,20,21). The Kier molecular flexibility index (Phi) is 5.87. The second-order valence-electron chi connectivity index (χ2n) is 4.72. The lowest BCUT2D eigenvalue weighted by molar-refractivity contribution is -0.137. The second-order valence-corrected chi connectivity index (χ2v) is 5.15. The van der Waals surface area contributed by atoms with E-state index in [4.69, 9.17) is 16.7 Å². The molecule has 0 aliphatic rings. The Labute approximate surface area is 137 Å². The Balaban J connectivity index is 1.92. The minimum Gasteiger partial charge on any atom is -0.481 e. The summed E-state index contributed by atoms with van der Waals surface area (Å²) in [7, 11) is 0. The quantitative estimate of drug-likeness (QED) is 0.718. The topological polar surface area (TPSA) is 104 Å². The molecule has 1 amide bonds. The zero-order chi connectivity index (χ0) is 16.7. The maximum Gasteiger partial charge on any atom is 0.303 e. The van der Waals surface area contributed by atoms with Gasteiger partial charge in [-0.25, -0.2) is 9.97 Å². The van der Waals surface area contributed by atoms with Crippen molar-refractivity contribution in [1.82, 2.24) is 9.97 Å². The van der Waals surface area contributed by atoms with E-state index >= 15 is 0 Å². The summed E-state index contributed by atoms with van der Waals surface area (Å²) in [6.07, 6.45) is 1.68. The fourth-order valence-electron chi connectivity index (χ4n) is 1.78. The van der Waals surface area contributed by atoms with Gasteiger partial charge in [0.15, 0.2) is 0 Å². The van der Waals surface area contributed by atoms with Crippen LogP contribution in [-0.4, -0.2) is 27.0 Å². The van der Waals surface area contributed by atoms with Gasteiger partial charge in [0, 0.05) is 29.6 Å². The number of amides is 1. The molecule has 1 heterocycles. The molecular weight excluding hydrogens is 320 g/mol. The van der Waals surface area contributed by atoms with Crippen molar-refractivity contribution in [2.24, 2.45) is 0 Å². The van der Waals surface area contributed by atoms with Gasteiger partial charge in [-0.1, -0.05) is 11.6 Å². The van der Waals surface area contributed by atoms with Crippen LogP contribution < -0.4 is 10.6 Å². The maximum absolute atomic E-state index is 11.7. The Morgan fingerprint density at radius 3 is 2.48 bits per heavy atom. The molecular formula is C15H15ClN4O3. The number of hydrogen-bond acceptors (Lipinski definition) is 5. The lowest BCUT2D eigenvalue weighted by Gasteiger charge is -2.08. The van der Waals surface area contributed by atoms with Crippen LogP contribution in [0.4, 0.5) is 17.3 Å². The van der Waals surface area contributed by atoms with E-state index in [2.05, 4.69) is 20.6 Å². The van der Waals surface area contributed by atoms with Crippen LogP contribution in [0.5, 0.6) is 0 Å². The van der Waals surface area contributed by atoms with Gasteiger partial charge in [-0.15, -0.1) is 0 Å². The van der Waals surface area contributed by atoms with Gasteiger partial charge in [0.25, 0.3) is 0 Å². The van der Waals surface area contributed by atoms with Crippen LogP contribution in [0.3, 0.4) is 0 Å². The van der Waals surface area contributed by atoms with Gasteiger partial charge in [0.1, 0.15) is 18.0 Å². The first-order valence-electron chi connectivity index (χ1n) is 6.89. The SMILES string of the molecule is O=C(O)CCCC(=O)Nc1cc(Nc2ccc(Cl)cc2)ncn1. The molecule has 0 unspecified atom stereocenters. The normalized spacial score (nSPS) is 10.1. The third-order valence-corrected chi connectivity index (χ3v) is 3.10. The first kappa shape index (κ1) is 16.7. The van der Waals surface area contributed by atoms with Gasteiger partial charge >= 0.3 is 5.97 Å². The van der Waals surface area contributed by atoms with Crippen LogP contribution >= 0.6 is 11.6 Å². The minimum absolute atomic E-state index is 0.0411. The lowest BCUT2D eigenvalue weighted by Crippen LogP contribution is -2.13. The highest BCUT2D eigenvalue weighted by atomic mass is 35.5. The van der Waals surface area contributed by atoms with E-state index < -0.39 is 5.97 Å². The number of halogens is 1. The van der Waals surface area contributed by atoms with Gasteiger partial charge in [-0.05, 0) is 30.7 Å². The minimum atomic E-state index is -0.922.